The first-order valence-corrected chi connectivity index (χ1v) is 8.69. The molecule has 26 heavy (non-hydrogen) atoms. The van der Waals surface area contributed by atoms with Crippen LogP contribution in [-0.4, -0.2) is 25.0 Å². The molecule has 2 aromatic rings. The second-order valence-electron chi connectivity index (χ2n) is 5.61. The number of para-hydroxylation sites is 1. The SMILES string of the molecule is CCOc1ccc(/C=C/C(=O)NCC(=O)Nc2ccccc2CC)cc1. The number of nitrogens with one attached hydrogen (secondary N) is 2. The number of rotatable bonds is 8. The Kier molecular flexibility index (Phi) is 7.43. The summed E-state index contributed by atoms with van der Waals surface area (Å²) in [5, 5.41) is 5.40. The first kappa shape index (κ1) is 19.2. The number of ether oxygens (including phenoxy) is 1. The second-order valence-corrected chi connectivity index (χ2v) is 5.61. The Morgan fingerprint density at radius 3 is 2.46 bits per heavy atom. The summed E-state index contributed by atoms with van der Waals surface area (Å²) in [4.78, 5) is 23.9. The molecule has 0 atom stereocenters. The molecule has 136 valence electrons. The molecule has 2 amide bonds. The highest BCUT2D eigenvalue weighted by atomic mass is 16.5. The van der Waals surface area contributed by atoms with Crippen LogP contribution in [0.4, 0.5) is 5.69 Å². The van der Waals surface area contributed by atoms with Crippen molar-refractivity contribution in [3.05, 3.63) is 65.7 Å². The Balaban J connectivity index is 1.81. The highest BCUT2D eigenvalue weighted by Crippen LogP contribution is 2.15. The number of carbonyl (C=O) groups is 2. The molecule has 0 bridgehead atoms. The van der Waals surface area contributed by atoms with E-state index >= 15 is 0 Å². The molecular formula is C21H24N2O3. The Morgan fingerprint density at radius 2 is 1.77 bits per heavy atom. The minimum absolute atomic E-state index is 0.0789. The maximum Gasteiger partial charge on any atom is 0.244 e. The van der Waals surface area contributed by atoms with E-state index in [2.05, 4.69) is 10.6 Å². The minimum atomic E-state index is -0.321. The zero-order chi connectivity index (χ0) is 18.8. The van der Waals surface area contributed by atoms with Crippen molar-refractivity contribution < 1.29 is 14.3 Å². The number of amides is 2. The van der Waals surface area contributed by atoms with Gasteiger partial charge in [-0.05, 0) is 48.7 Å². The molecule has 0 spiro atoms. The van der Waals surface area contributed by atoms with Gasteiger partial charge in [0.25, 0.3) is 0 Å². The van der Waals surface area contributed by atoms with Crippen LogP contribution >= 0.6 is 0 Å². The standard InChI is InChI=1S/C21H24N2O3/c1-3-17-7-5-6-8-19(17)23-21(25)15-22-20(24)14-11-16-9-12-18(13-10-16)26-4-2/h5-14H,3-4,15H2,1-2H3,(H,22,24)(H,23,25)/b14-11+. The summed E-state index contributed by atoms with van der Waals surface area (Å²) in [5.41, 5.74) is 2.71. The van der Waals surface area contributed by atoms with Gasteiger partial charge in [0.05, 0.1) is 13.2 Å². The van der Waals surface area contributed by atoms with Gasteiger partial charge in [-0.15, -0.1) is 0 Å². The fourth-order valence-electron chi connectivity index (χ4n) is 2.39. The van der Waals surface area contributed by atoms with Crippen molar-refractivity contribution in [1.29, 1.82) is 0 Å². The number of hydrogen-bond donors (Lipinski definition) is 2. The third-order valence-corrected chi connectivity index (χ3v) is 3.71. The normalized spacial score (nSPS) is 10.5. The van der Waals surface area contributed by atoms with Gasteiger partial charge in [0.2, 0.25) is 11.8 Å². The van der Waals surface area contributed by atoms with Gasteiger partial charge in [-0.3, -0.25) is 9.59 Å². The number of aryl methyl sites for hydroxylation is 1. The van der Waals surface area contributed by atoms with Crippen molar-refractivity contribution in [3.8, 4) is 5.75 Å². The second kappa shape index (κ2) is 10.0. The van der Waals surface area contributed by atoms with Gasteiger partial charge in [0, 0.05) is 11.8 Å². The van der Waals surface area contributed by atoms with Gasteiger partial charge in [-0.2, -0.15) is 0 Å². The average molecular weight is 352 g/mol. The van der Waals surface area contributed by atoms with Crippen LogP contribution in [0.5, 0.6) is 5.75 Å². The molecule has 0 aliphatic carbocycles. The van der Waals surface area contributed by atoms with Gasteiger partial charge < -0.3 is 15.4 Å². The van der Waals surface area contributed by atoms with Gasteiger partial charge in [-0.1, -0.05) is 37.3 Å². The number of benzene rings is 2. The third kappa shape index (κ3) is 6.09. The molecule has 0 aromatic heterocycles. The smallest absolute Gasteiger partial charge is 0.244 e. The van der Waals surface area contributed by atoms with Crippen LogP contribution in [0.3, 0.4) is 0 Å². The number of carbonyl (C=O) groups excluding carboxylic acids is 2. The molecule has 0 aliphatic rings. The van der Waals surface area contributed by atoms with E-state index in [1.54, 1.807) is 6.08 Å². The van der Waals surface area contributed by atoms with E-state index in [0.29, 0.717) is 6.61 Å². The van der Waals surface area contributed by atoms with Crippen molar-refractivity contribution in [3.63, 3.8) is 0 Å². The summed E-state index contributed by atoms with van der Waals surface area (Å²) >= 11 is 0. The molecule has 0 saturated heterocycles. The summed E-state index contributed by atoms with van der Waals surface area (Å²) in [7, 11) is 0. The molecule has 5 nitrogen and oxygen atoms in total. The lowest BCUT2D eigenvalue weighted by atomic mass is 10.1. The van der Waals surface area contributed by atoms with Crippen molar-refractivity contribution in [2.75, 3.05) is 18.5 Å². The van der Waals surface area contributed by atoms with Crippen molar-refractivity contribution >= 4 is 23.6 Å². The molecule has 0 fully saturated rings. The predicted octanol–water partition coefficient (Wildman–Crippen LogP) is 3.42. The van der Waals surface area contributed by atoms with Crippen LogP contribution in [-0.2, 0) is 16.0 Å². The van der Waals surface area contributed by atoms with E-state index in [0.717, 1.165) is 29.0 Å². The average Bonchev–Trinajstić information content (AvgIpc) is 2.66. The van der Waals surface area contributed by atoms with Gasteiger partial charge in [0.15, 0.2) is 0 Å². The lowest BCUT2D eigenvalue weighted by Gasteiger charge is -2.09. The van der Waals surface area contributed by atoms with E-state index in [4.69, 9.17) is 4.74 Å². The largest absolute Gasteiger partial charge is 0.494 e. The van der Waals surface area contributed by atoms with Gasteiger partial charge in [-0.25, -0.2) is 0 Å². The van der Waals surface area contributed by atoms with Crippen molar-refractivity contribution in [2.24, 2.45) is 0 Å². The summed E-state index contributed by atoms with van der Waals surface area (Å²) in [6.45, 7) is 4.49. The minimum Gasteiger partial charge on any atom is -0.494 e. The Bertz CT molecular complexity index is 767. The summed E-state index contributed by atoms with van der Waals surface area (Å²) in [6, 6.07) is 15.0. The maximum absolute atomic E-state index is 12.0. The predicted molar refractivity (Wildman–Crippen MR) is 104 cm³/mol. The highest BCUT2D eigenvalue weighted by molar-refractivity contribution is 5.98. The van der Waals surface area contributed by atoms with E-state index in [1.165, 1.54) is 6.08 Å². The fourth-order valence-corrected chi connectivity index (χ4v) is 2.39. The first-order valence-electron chi connectivity index (χ1n) is 8.69. The molecule has 5 heteroatoms. The molecule has 0 radical (unpaired) electrons. The Morgan fingerprint density at radius 1 is 1.04 bits per heavy atom. The van der Waals surface area contributed by atoms with Crippen LogP contribution in [0.25, 0.3) is 6.08 Å². The topological polar surface area (TPSA) is 67.4 Å². The van der Waals surface area contributed by atoms with E-state index in [-0.39, 0.29) is 18.4 Å². The molecule has 0 unspecified atom stereocenters. The summed E-state index contributed by atoms with van der Waals surface area (Å²) < 4.78 is 5.37. The Labute approximate surface area is 154 Å². The molecule has 2 rings (SSSR count). The molecular weight excluding hydrogens is 328 g/mol. The maximum atomic E-state index is 12.0. The van der Waals surface area contributed by atoms with Crippen LogP contribution in [0.2, 0.25) is 0 Å². The van der Waals surface area contributed by atoms with Crippen LogP contribution in [0.15, 0.2) is 54.6 Å². The lowest BCUT2D eigenvalue weighted by Crippen LogP contribution is -2.31. The molecule has 2 N–H and O–H groups in total. The zero-order valence-corrected chi connectivity index (χ0v) is 15.1. The van der Waals surface area contributed by atoms with E-state index in [1.807, 2.05) is 62.4 Å². The van der Waals surface area contributed by atoms with Gasteiger partial charge >= 0.3 is 0 Å². The van der Waals surface area contributed by atoms with Crippen molar-refractivity contribution in [1.82, 2.24) is 5.32 Å². The molecule has 0 saturated carbocycles. The highest BCUT2D eigenvalue weighted by Gasteiger charge is 2.06. The van der Waals surface area contributed by atoms with Crippen LogP contribution < -0.4 is 15.4 Å². The third-order valence-electron chi connectivity index (χ3n) is 3.71. The Hall–Kier alpha value is -3.08. The van der Waals surface area contributed by atoms with E-state index in [9.17, 15) is 9.59 Å². The number of hydrogen-bond acceptors (Lipinski definition) is 3. The zero-order valence-electron chi connectivity index (χ0n) is 15.1. The number of anilines is 1. The lowest BCUT2D eigenvalue weighted by molar-refractivity contribution is -0.121. The molecule has 0 heterocycles. The quantitative estimate of drug-likeness (QED) is 0.716. The fraction of sp³-hybridized carbons (Fsp3) is 0.238. The molecule has 0 aliphatic heterocycles. The van der Waals surface area contributed by atoms with Crippen molar-refractivity contribution in [2.45, 2.75) is 20.3 Å². The molecule has 2 aromatic carbocycles. The van der Waals surface area contributed by atoms with E-state index < -0.39 is 0 Å². The first-order chi connectivity index (χ1) is 12.6. The van der Waals surface area contributed by atoms with Crippen LogP contribution in [0, 0.1) is 0 Å². The summed E-state index contributed by atoms with van der Waals surface area (Å²) in [5.74, 6) is 0.213. The van der Waals surface area contributed by atoms with Crippen LogP contribution in [0.1, 0.15) is 25.0 Å². The monoisotopic (exact) mass is 352 g/mol. The van der Waals surface area contributed by atoms with Gasteiger partial charge in [0.1, 0.15) is 5.75 Å². The summed E-state index contributed by atoms with van der Waals surface area (Å²) in [6.07, 6.45) is 3.92.